The fourth-order valence-corrected chi connectivity index (χ4v) is 1.54. The summed E-state index contributed by atoms with van der Waals surface area (Å²) < 4.78 is 13.4. The maximum atomic E-state index is 13.4. The highest BCUT2D eigenvalue weighted by Gasteiger charge is 2.19. The number of aliphatic hydroxyl groups is 1. The van der Waals surface area contributed by atoms with E-state index in [1.165, 1.54) is 31.0 Å². The molecule has 0 aliphatic rings. The SMILES string of the molecule is CC(O)CN(C)C(=O)Nc1cccc(F)c1C(=O)O. The first kappa shape index (κ1) is 14.9. The van der Waals surface area contributed by atoms with Gasteiger partial charge in [0.25, 0.3) is 0 Å². The minimum absolute atomic E-state index is 0.0730. The van der Waals surface area contributed by atoms with Crippen LogP contribution in [-0.4, -0.2) is 46.8 Å². The molecule has 0 radical (unpaired) electrons. The van der Waals surface area contributed by atoms with E-state index in [-0.39, 0.29) is 12.2 Å². The van der Waals surface area contributed by atoms with Crippen molar-refractivity contribution in [2.24, 2.45) is 0 Å². The summed E-state index contributed by atoms with van der Waals surface area (Å²) in [7, 11) is 1.43. The largest absolute Gasteiger partial charge is 0.478 e. The van der Waals surface area contributed by atoms with Crippen LogP contribution in [0.2, 0.25) is 0 Å². The Labute approximate surface area is 109 Å². The van der Waals surface area contributed by atoms with E-state index in [0.717, 1.165) is 6.07 Å². The fourth-order valence-electron chi connectivity index (χ4n) is 1.54. The lowest BCUT2D eigenvalue weighted by Crippen LogP contribution is -2.36. The molecule has 19 heavy (non-hydrogen) atoms. The van der Waals surface area contributed by atoms with Crippen molar-refractivity contribution in [1.29, 1.82) is 0 Å². The number of hydrogen-bond acceptors (Lipinski definition) is 3. The minimum Gasteiger partial charge on any atom is -0.478 e. The quantitative estimate of drug-likeness (QED) is 0.770. The third-order valence-corrected chi connectivity index (χ3v) is 2.35. The molecule has 1 rings (SSSR count). The van der Waals surface area contributed by atoms with Gasteiger partial charge in [-0.1, -0.05) is 6.07 Å². The minimum atomic E-state index is -1.47. The van der Waals surface area contributed by atoms with Gasteiger partial charge in [0.05, 0.1) is 11.8 Å². The van der Waals surface area contributed by atoms with E-state index >= 15 is 0 Å². The van der Waals surface area contributed by atoms with Crippen molar-refractivity contribution in [2.75, 3.05) is 18.9 Å². The number of likely N-dealkylation sites (N-methyl/N-ethyl adjacent to an activating group) is 1. The molecule has 0 bridgehead atoms. The predicted molar refractivity (Wildman–Crippen MR) is 66.7 cm³/mol. The second kappa shape index (κ2) is 6.14. The van der Waals surface area contributed by atoms with E-state index < -0.39 is 29.5 Å². The van der Waals surface area contributed by atoms with Crippen LogP contribution in [0.3, 0.4) is 0 Å². The average molecular weight is 270 g/mol. The Morgan fingerprint density at radius 3 is 2.63 bits per heavy atom. The van der Waals surface area contributed by atoms with Gasteiger partial charge in [0, 0.05) is 13.6 Å². The fraction of sp³-hybridized carbons (Fsp3) is 0.333. The maximum absolute atomic E-state index is 13.4. The number of aliphatic hydroxyl groups excluding tert-OH is 1. The number of carboxylic acid groups (broad SMARTS) is 1. The number of carbonyl (C=O) groups excluding carboxylic acids is 1. The smallest absolute Gasteiger partial charge is 0.340 e. The Morgan fingerprint density at radius 2 is 2.11 bits per heavy atom. The number of anilines is 1. The van der Waals surface area contributed by atoms with Gasteiger partial charge in [0.1, 0.15) is 11.4 Å². The van der Waals surface area contributed by atoms with Gasteiger partial charge in [-0.25, -0.2) is 14.0 Å². The number of halogens is 1. The zero-order valence-electron chi connectivity index (χ0n) is 10.6. The molecular weight excluding hydrogens is 255 g/mol. The topological polar surface area (TPSA) is 89.9 Å². The zero-order chi connectivity index (χ0) is 14.6. The van der Waals surface area contributed by atoms with E-state index in [4.69, 9.17) is 10.2 Å². The molecule has 1 aromatic rings. The predicted octanol–water partition coefficient (Wildman–Crippen LogP) is 1.37. The molecule has 1 aromatic carbocycles. The molecule has 0 spiro atoms. The van der Waals surface area contributed by atoms with Crippen LogP contribution in [0.1, 0.15) is 17.3 Å². The van der Waals surface area contributed by atoms with Gasteiger partial charge in [-0.2, -0.15) is 0 Å². The molecule has 104 valence electrons. The van der Waals surface area contributed by atoms with Crippen molar-refractivity contribution in [2.45, 2.75) is 13.0 Å². The third kappa shape index (κ3) is 3.92. The van der Waals surface area contributed by atoms with Gasteiger partial charge in [-0.15, -0.1) is 0 Å². The molecule has 0 aliphatic heterocycles. The molecule has 0 saturated heterocycles. The molecule has 3 N–H and O–H groups in total. The Bertz CT molecular complexity index is 491. The van der Waals surface area contributed by atoms with Crippen LogP contribution in [0.25, 0.3) is 0 Å². The third-order valence-electron chi connectivity index (χ3n) is 2.35. The average Bonchev–Trinajstić information content (AvgIpc) is 2.27. The van der Waals surface area contributed by atoms with Crippen LogP contribution in [0.5, 0.6) is 0 Å². The van der Waals surface area contributed by atoms with E-state index in [2.05, 4.69) is 5.32 Å². The van der Waals surface area contributed by atoms with E-state index in [1.54, 1.807) is 0 Å². The van der Waals surface area contributed by atoms with Gasteiger partial charge < -0.3 is 20.4 Å². The van der Waals surface area contributed by atoms with E-state index in [9.17, 15) is 14.0 Å². The summed E-state index contributed by atoms with van der Waals surface area (Å²) >= 11 is 0. The molecule has 6 nitrogen and oxygen atoms in total. The molecule has 0 fully saturated rings. The molecule has 0 aromatic heterocycles. The Kier molecular flexibility index (Phi) is 4.82. The summed E-state index contributed by atoms with van der Waals surface area (Å²) in [5, 5.41) is 20.3. The second-order valence-electron chi connectivity index (χ2n) is 4.13. The standard InChI is InChI=1S/C12H15FN2O4/c1-7(16)6-15(2)12(19)14-9-5-3-4-8(13)10(9)11(17)18/h3-5,7,16H,6H2,1-2H3,(H,14,19)(H,17,18). The number of carbonyl (C=O) groups is 2. The van der Waals surface area contributed by atoms with Crippen LogP contribution in [0, 0.1) is 5.82 Å². The highest BCUT2D eigenvalue weighted by molar-refractivity contribution is 6.00. The van der Waals surface area contributed by atoms with E-state index in [1.807, 2.05) is 0 Å². The number of amides is 2. The Balaban J connectivity index is 2.91. The van der Waals surface area contributed by atoms with Gasteiger partial charge in [0.15, 0.2) is 0 Å². The number of hydrogen-bond donors (Lipinski definition) is 3. The molecule has 0 aliphatic carbocycles. The lowest BCUT2D eigenvalue weighted by molar-refractivity contribution is 0.0693. The summed E-state index contributed by atoms with van der Waals surface area (Å²) in [5.74, 6) is -2.39. The molecule has 1 unspecified atom stereocenters. The number of nitrogens with zero attached hydrogens (tertiary/aromatic N) is 1. The van der Waals surface area contributed by atoms with Crippen LogP contribution in [0.4, 0.5) is 14.9 Å². The Morgan fingerprint density at radius 1 is 1.47 bits per heavy atom. The summed E-state index contributed by atoms with van der Waals surface area (Å²) in [6, 6.07) is 2.96. The number of aromatic carboxylic acids is 1. The van der Waals surface area contributed by atoms with Gasteiger partial charge in [-0.05, 0) is 19.1 Å². The summed E-state index contributed by atoms with van der Waals surface area (Å²) in [4.78, 5) is 23.8. The van der Waals surface area contributed by atoms with Crippen molar-refractivity contribution in [3.05, 3.63) is 29.6 Å². The lowest BCUT2D eigenvalue weighted by atomic mass is 10.1. The number of urea groups is 1. The molecule has 0 saturated carbocycles. The molecule has 0 heterocycles. The molecular formula is C12H15FN2O4. The number of benzene rings is 1. The number of carboxylic acids is 1. The lowest BCUT2D eigenvalue weighted by Gasteiger charge is -2.20. The van der Waals surface area contributed by atoms with Crippen molar-refractivity contribution in [3.8, 4) is 0 Å². The van der Waals surface area contributed by atoms with Crippen LogP contribution in [-0.2, 0) is 0 Å². The molecule has 2 amide bonds. The monoisotopic (exact) mass is 270 g/mol. The van der Waals surface area contributed by atoms with Crippen LogP contribution < -0.4 is 5.32 Å². The van der Waals surface area contributed by atoms with Crippen molar-refractivity contribution < 1.29 is 24.2 Å². The molecule has 1 atom stereocenters. The van der Waals surface area contributed by atoms with Crippen molar-refractivity contribution in [1.82, 2.24) is 4.90 Å². The normalized spacial score (nSPS) is 11.8. The summed E-state index contributed by atoms with van der Waals surface area (Å²) in [6.45, 7) is 1.58. The Hall–Kier alpha value is -2.15. The first-order chi connectivity index (χ1) is 8.82. The van der Waals surface area contributed by atoms with E-state index in [0.29, 0.717) is 0 Å². The van der Waals surface area contributed by atoms with Crippen LogP contribution in [0.15, 0.2) is 18.2 Å². The first-order valence-corrected chi connectivity index (χ1v) is 5.55. The highest BCUT2D eigenvalue weighted by atomic mass is 19.1. The summed E-state index contributed by atoms with van der Waals surface area (Å²) in [5.41, 5.74) is -0.726. The summed E-state index contributed by atoms with van der Waals surface area (Å²) in [6.07, 6.45) is -0.720. The van der Waals surface area contributed by atoms with Gasteiger partial charge in [-0.3, -0.25) is 0 Å². The van der Waals surface area contributed by atoms with Crippen molar-refractivity contribution in [3.63, 3.8) is 0 Å². The van der Waals surface area contributed by atoms with Gasteiger partial charge in [0.2, 0.25) is 0 Å². The van der Waals surface area contributed by atoms with Crippen LogP contribution >= 0.6 is 0 Å². The number of nitrogens with one attached hydrogen (secondary N) is 1. The maximum Gasteiger partial charge on any atom is 0.340 e. The van der Waals surface area contributed by atoms with Gasteiger partial charge >= 0.3 is 12.0 Å². The first-order valence-electron chi connectivity index (χ1n) is 5.55. The second-order valence-corrected chi connectivity index (χ2v) is 4.13. The zero-order valence-corrected chi connectivity index (χ0v) is 10.6. The number of rotatable bonds is 4. The van der Waals surface area contributed by atoms with Crippen molar-refractivity contribution >= 4 is 17.7 Å². The highest BCUT2D eigenvalue weighted by Crippen LogP contribution is 2.19. The molecule has 7 heteroatoms.